The molecule has 0 aromatic heterocycles. The van der Waals surface area contributed by atoms with Crippen LogP contribution in [0, 0.1) is 0 Å². The molecule has 1 N–H and O–H groups in total. The lowest BCUT2D eigenvalue weighted by Crippen LogP contribution is -2.37. The van der Waals surface area contributed by atoms with Crippen LogP contribution >= 0.6 is 0 Å². The van der Waals surface area contributed by atoms with Crippen molar-refractivity contribution in [2.45, 2.75) is 116 Å². The second-order valence-corrected chi connectivity index (χ2v) is 7.17. The Morgan fingerprint density at radius 1 is 0.913 bits per heavy atom. The summed E-state index contributed by atoms with van der Waals surface area (Å²) in [4.78, 5) is 6.54. The van der Waals surface area contributed by atoms with Gasteiger partial charge in [0.1, 0.15) is 12.4 Å². The SMILES string of the molecule is CCCCCCCCCCCCCCCC1N=CCN1C(C)O. The molecule has 1 aliphatic heterocycles. The number of hydrogen-bond donors (Lipinski definition) is 1. The van der Waals surface area contributed by atoms with E-state index in [1.165, 1.54) is 83.5 Å². The van der Waals surface area contributed by atoms with Gasteiger partial charge in [-0.15, -0.1) is 0 Å². The van der Waals surface area contributed by atoms with Gasteiger partial charge in [-0.3, -0.25) is 9.89 Å². The highest BCUT2D eigenvalue weighted by atomic mass is 16.3. The Morgan fingerprint density at radius 2 is 1.39 bits per heavy atom. The van der Waals surface area contributed by atoms with E-state index in [0.717, 1.165) is 13.0 Å². The summed E-state index contributed by atoms with van der Waals surface area (Å²) >= 11 is 0. The van der Waals surface area contributed by atoms with E-state index in [0.29, 0.717) is 0 Å². The van der Waals surface area contributed by atoms with E-state index >= 15 is 0 Å². The number of aliphatic imine (C=N–C) groups is 1. The molecule has 0 saturated heterocycles. The standard InChI is InChI=1S/C20H40N2O/c1-3-4-5-6-7-8-9-10-11-12-13-14-15-16-20-21-17-18-22(20)19(2)23/h17,19-20,23H,3-16,18H2,1-2H3. The van der Waals surface area contributed by atoms with Gasteiger partial charge in [0, 0.05) is 12.8 Å². The Labute approximate surface area is 144 Å². The van der Waals surface area contributed by atoms with Gasteiger partial charge in [-0.2, -0.15) is 0 Å². The third-order valence-corrected chi connectivity index (χ3v) is 5.00. The van der Waals surface area contributed by atoms with Gasteiger partial charge < -0.3 is 5.11 Å². The molecule has 0 fully saturated rings. The average molecular weight is 325 g/mol. The van der Waals surface area contributed by atoms with Crippen LogP contribution in [0.1, 0.15) is 104 Å². The molecule has 3 heteroatoms. The first-order valence-electron chi connectivity index (χ1n) is 10.2. The Balaban J connectivity index is 1.81. The van der Waals surface area contributed by atoms with Crippen molar-refractivity contribution in [3.05, 3.63) is 0 Å². The number of rotatable bonds is 15. The van der Waals surface area contributed by atoms with E-state index in [9.17, 15) is 5.11 Å². The molecule has 136 valence electrons. The van der Waals surface area contributed by atoms with Crippen molar-refractivity contribution in [1.82, 2.24) is 4.90 Å². The van der Waals surface area contributed by atoms with Gasteiger partial charge in [0.15, 0.2) is 0 Å². The molecule has 0 aliphatic carbocycles. The summed E-state index contributed by atoms with van der Waals surface area (Å²) in [6, 6.07) is 0. The van der Waals surface area contributed by atoms with Crippen molar-refractivity contribution in [3.63, 3.8) is 0 Å². The van der Waals surface area contributed by atoms with Crippen LogP contribution in [0.15, 0.2) is 4.99 Å². The predicted octanol–water partition coefficient (Wildman–Crippen LogP) is 5.52. The van der Waals surface area contributed by atoms with Crippen LogP contribution < -0.4 is 0 Å². The predicted molar refractivity (Wildman–Crippen MR) is 101 cm³/mol. The van der Waals surface area contributed by atoms with E-state index in [1.54, 1.807) is 0 Å². The fourth-order valence-corrected chi connectivity index (χ4v) is 3.46. The molecule has 0 aromatic carbocycles. The summed E-state index contributed by atoms with van der Waals surface area (Å²) in [6.07, 6.45) is 21.0. The number of aliphatic hydroxyl groups excluding tert-OH is 1. The lowest BCUT2D eigenvalue weighted by Gasteiger charge is -2.25. The van der Waals surface area contributed by atoms with Gasteiger partial charge in [0.25, 0.3) is 0 Å². The van der Waals surface area contributed by atoms with Gasteiger partial charge in [-0.25, -0.2) is 0 Å². The van der Waals surface area contributed by atoms with Crippen molar-refractivity contribution < 1.29 is 5.11 Å². The molecule has 1 aliphatic rings. The van der Waals surface area contributed by atoms with E-state index < -0.39 is 0 Å². The second kappa shape index (κ2) is 14.0. The van der Waals surface area contributed by atoms with Crippen molar-refractivity contribution in [2.24, 2.45) is 4.99 Å². The molecule has 0 bridgehead atoms. The molecule has 1 rings (SSSR count). The minimum absolute atomic E-state index is 0.225. The normalized spacial score (nSPS) is 19.5. The van der Waals surface area contributed by atoms with Crippen LogP contribution in [0.3, 0.4) is 0 Å². The topological polar surface area (TPSA) is 35.8 Å². The molecule has 0 amide bonds. The summed E-state index contributed by atoms with van der Waals surface area (Å²) in [5.74, 6) is 0. The smallest absolute Gasteiger partial charge is 0.106 e. The molecule has 2 unspecified atom stereocenters. The Kier molecular flexibility index (Phi) is 12.5. The molecular formula is C20H40N2O. The molecule has 0 radical (unpaired) electrons. The van der Waals surface area contributed by atoms with Crippen LogP contribution in [-0.2, 0) is 0 Å². The summed E-state index contributed by atoms with van der Waals surface area (Å²) in [6.45, 7) is 4.93. The zero-order valence-electron chi connectivity index (χ0n) is 15.7. The zero-order valence-corrected chi connectivity index (χ0v) is 15.7. The van der Waals surface area contributed by atoms with E-state index in [2.05, 4.69) is 16.8 Å². The highest BCUT2D eigenvalue weighted by Gasteiger charge is 2.23. The van der Waals surface area contributed by atoms with Crippen molar-refractivity contribution in [3.8, 4) is 0 Å². The van der Waals surface area contributed by atoms with Crippen LogP contribution in [0.2, 0.25) is 0 Å². The third kappa shape index (κ3) is 10.1. The minimum Gasteiger partial charge on any atom is -0.379 e. The van der Waals surface area contributed by atoms with Gasteiger partial charge >= 0.3 is 0 Å². The van der Waals surface area contributed by atoms with E-state index in [1.807, 2.05) is 13.1 Å². The maximum absolute atomic E-state index is 9.67. The maximum atomic E-state index is 9.67. The Hall–Kier alpha value is -0.410. The number of nitrogens with zero attached hydrogens (tertiary/aromatic N) is 2. The largest absolute Gasteiger partial charge is 0.379 e. The van der Waals surface area contributed by atoms with Crippen molar-refractivity contribution in [2.75, 3.05) is 6.54 Å². The fraction of sp³-hybridized carbons (Fsp3) is 0.950. The average Bonchev–Trinajstić information content (AvgIpc) is 3.00. The quantitative estimate of drug-likeness (QED) is 0.403. The lowest BCUT2D eigenvalue weighted by atomic mass is 10.0. The lowest BCUT2D eigenvalue weighted by molar-refractivity contribution is 0.00710. The van der Waals surface area contributed by atoms with E-state index in [4.69, 9.17) is 0 Å². The molecule has 23 heavy (non-hydrogen) atoms. The monoisotopic (exact) mass is 324 g/mol. The highest BCUT2D eigenvalue weighted by Crippen LogP contribution is 2.18. The molecule has 0 spiro atoms. The van der Waals surface area contributed by atoms with Crippen LogP contribution in [0.5, 0.6) is 0 Å². The maximum Gasteiger partial charge on any atom is 0.106 e. The Bertz CT molecular complexity index is 291. The minimum atomic E-state index is -0.371. The van der Waals surface area contributed by atoms with Gasteiger partial charge in [0.2, 0.25) is 0 Å². The van der Waals surface area contributed by atoms with Crippen LogP contribution in [-0.4, -0.2) is 35.2 Å². The highest BCUT2D eigenvalue weighted by molar-refractivity contribution is 5.62. The number of aliphatic hydroxyl groups is 1. The first kappa shape index (κ1) is 20.6. The summed E-state index contributed by atoms with van der Waals surface area (Å²) in [7, 11) is 0. The zero-order chi connectivity index (χ0) is 16.8. The van der Waals surface area contributed by atoms with Gasteiger partial charge in [-0.1, -0.05) is 84.0 Å². The molecular weight excluding hydrogens is 284 g/mol. The molecule has 2 atom stereocenters. The van der Waals surface area contributed by atoms with E-state index in [-0.39, 0.29) is 12.4 Å². The summed E-state index contributed by atoms with van der Waals surface area (Å²) in [5, 5.41) is 9.67. The number of hydrogen-bond acceptors (Lipinski definition) is 3. The van der Waals surface area contributed by atoms with Crippen molar-refractivity contribution >= 4 is 6.21 Å². The third-order valence-electron chi connectivity index (χ3n) is 5.00. The molecule has 3 nitrogen and oxygen atoms in total. The first-order valence-corrected chi connectivity index (χ1v) is 10.2. The Morgan fingerprint density at radius 3 is 1.87 bits per heavy atom. The molecule has 0 aromatic rings. The fourth-order valence-electron chi connectivity index (χ4n) is 3.46. The van der Waals surface area contributed by atoms with Gasteiger partial charge in [-0.05, 0) is 19.8 Å². The molecule has 0 saturated carbocycles. The summed E-state index contributed by atoms with van der Waals surface area (Å²) in [5.41, 5.74) is 0. The van der Waals surface area contributed by atoms with Crippen LogP contribution in [0.4, 0.5) is 0 Å². The van der Waals surface area contributed by atoms with Crippen molar-refractivity contribution in [1.29, 1.82) is 0 Å². The first-order chi connectivity index (χ1) is 11.3. The molecule has 1 heterocycles. The summed E-state index contributed by atoms with van der Waals surface area (Å²) < 4.78 is 0. The number of unbranched alkanes of at least 4 members (excludes halogenated alkanes) is 12. The van der Waals surface area contributed by atoms with Gasteiger partial charge in [0.05, 0.1) is 0 Å². The van der Waals surface area contributed by atoms with Crippen LogP contribution in [0.25, 0.3) is 0 Å². The second-order valence-electron chi connectivity index (χ2n) is 7.17.